The first-order valence-electron chi connectivity index (χ1n) is 5.51. The molecule has 0 heterocycles. The van der Waals surface area contributed by atoms with Crippen LogP contribution in [0.5, 0.6) is 0 Å². The quantitative estimate of drug-likeness (QED) is 0.544. The van der Waals surface area contributed by atoms with Crippen molar-refractivity contribution in [3.8, 4) is 0 Å². The highest BCUT2D eigenvalue weighted by Crippen LogP contribution is 2.38. The molecule has 77 valence electrons. The predicted molar refractivity (Wildman–Crippen MR) is 59.1 cm³/mol. The van der Waals surface area contributed by atoms with Gasteiger partial charge in [-0.2, -0.15) is 0 Å². The van der Waals surface area contributed by atoms with Crippen molar-refractivity contribution in [2.24, 2.45) is 0 Å². The second kappa shape index (κ2) is 5.02. The Balaban J connectivity index is 4.36. The molecule has 0 fully saturated rings. The van der Waals surface area contributed by atoms with Gasteiger partial charge in [0.1, 0.15) is 0 Å². The fourth-order valence-electron chi connectivity index (χ4n) is 1.53. The van der Waals surface area contributed by atoms with Crippen LogP contribution in [0.2, 0.25) is 5.31 Å². The maximum absolute atomic E-state index is 14.1. The topological polar surface area (TPSA) is 0 Å². The predicted octanol–water partition coefficient (Wildman–Crippen LogP) is 4.18. The Labute approximate surface area is 83.5 Å². The van der Waals surface area contributed by atoms with E-state index in [1.807, 2.05) is 21.1 Å². The summed E-state index contributed by atoms with van der Waals surface area (Å²) in [5.74, 6) is 0. The molecule has 0 amide bonds. The monoisotopic (exact) mass is 185 g/mol. The summed E-state index contributed by atoms with van der Waals surface area (Å²) in [5.41, 5.74) is -1.05. The van der Waals surface area contributed by atoms with E-state index in [0.29, 0.717) is 12.8 Å². The van der Waals surface area contributed by atoms with Gasteiger partial charge >= 0.3 is 0 Å². The molecule has 0 aromatic carbocycles. The third-order valence-electron chi connectivity index (χ3n) is 3.40. The number of rotatable bonds is 6. The van der Waals surface area contributed by atoms with Crippen LogP contribution in [0.1, 0.15) is 60.3 Å². The molecule has 0 unspecified atom stereocenters. The minimum atomic E-state index is -1.05. The van der Waals surface area contributed by atoms with Crippen LogP contribution in [-0.2, 0) is 0 Å². The minimum absolute atomic E-state index is 0.0702. The van der Waals surface area contributed by atoms with Crippen LogP contribution in [0.4, 0.5) is 4.39 Å². The fraction of sp³-hybridized carbons (Fsp3) is 1.00. The molecule has 0 nitrogen and oxygen atoms in total. The molecule has 0 saturated heterocycles. The zero-order valence-corrected chi connectivity index (χ0v) is 9.78. The molecule has 2 heteroatoms. The molecule has 0 aliphatic rings. The van der Waals surface area contributed by atoms with E-state index in [0.717, 1.165) is 12.8 Å². The molecular weight excluding hydrogens is 162 g/mol. The van der Waals surface area contributed by atoms with Crippen LogP contribution in [-0.4, -0.2) is 12.8 Å². The van der Waals surface area contributed by atoms with E-state index in [9.17, 15) is 4.39 Å². The molecule has 0 N–H and O–H groups in total. The number of halogens is 1. The van der Waals surface area contributed by atoms with Crippen molar-refractivity contribution in [3.05, 3.63) is 0 Å². The van der Waals surface area contributed by atoms with E-state index in [1.165, 1.54) is 0 Å². The molecule has 0 saturated carbocycles. The van der Waals surface area contributed by atoms with Gasteiger partial charge < -0.3 is 0 Å². The largest absolute Gasteiger partial charge is 0.254 e. The number of hydrogen-bond donors (Lipinski definition) is 0. The molecule has 13 heavy (non-hydrogen) atoms. The van der Waals surface area contributed by atoms with Crippen LogP contribution >= 0.6 is 0 Å². The van der Waals surface area contributed by atoms with Crippen molar-refractivity contribution in [2.45, 2.75) is 71.2 Å². The van der Waals surface area contributed by atoms with E-state index in [2.05, 4.69) is 20.8 Å². The fourth-order valence-corrected chi connectivity index (χ4v) is 1.53. The Morgan fingerprint density at radius 1 is 0.923 bits per heavy atom. The highest BCUT2D eigenvalue weighted by Gasteiger charge is 2.35. The molecule has 0 aliphatic carbocycles. The Bertz CT molecular complexity index is 121. The normalized spacial score (nSPS) is 13.1. The lowest BCUT2D eigenvalue weighted by atomic mass is 9.42. The average molecular weight is 185 g/mol. The van der Waals surface area contributed by atoms with Crippen molar-refractivity contribution in [1.82, 2.24) is 0 Å². The summed E-state index contributed by atoms with van der Waals surface area (Å²) in [6.07, 6.45) is 3.24. The molecule has 0 aromatic rings. The Hall–Kier alpha value is -0.00506. The summed E-state index contributed by atoms with van der Waals surface area (Å²) in [4.78, 5) is 0. The lowest BCUT2D eigenvalue weighted by Gasteiger charge is -2.33. The third-order valence-corrected chi connectivity index (χ3v) is 3.40. The lowest BCUT2D eigenvalue weighted by molar-refractivity contribution is 0.246. The second-order valence-electron chi connectivity index (χ2n) is 4.25. The molecule has 1 radical (unpaired) electrons. The summed E-state index contributed by atoms with van der Waals surface area (Å²) >= 11 is 0. The summed E-state index contributed by atoms with van der Waals surface area (Å²) < 4.78 is 14.1. The van der Waals surface area contributed by atoms with Crippen molar-refractivity contribution in [1.29, 1.82) is 0 Å². The summed E-state index contributed by atoms with van der Waals surface area (Å²) in [7, 11) is 1.93. The van der Waals surface area contributed by atoms with Gasteiger partial charge in [-0.1, -0.05) is 52.8 Å². The summed E-state index contributed by atoms with van der Waals surface area (Å²) in [5, 5.41) is 0.0702. The van der Waals surface area contributed by atoms with Crippen LogP contribution in [0.3, 0.4) is 0 Å². The maximum Gasteiger partial charge on any atom is 0.168 e. The molecule has 0 atom stereocenters. The number of hydrogen-bond acceptors (Lipinski definition) is 0. The van der Waals surface area contributed by atoms with Gasteiger partial charge in [0.2, 0.25) is 0 Å². The molecular formula is C11H23BF. The van der Waals surface area contributed by atoms with Gasteiger partial charge in [0.05, 0.1) is 5.57 Å². The molecule has 0 bridgehead atoms. The molecule has 0 rings (SSSR count). The molecule has 0 aliphatic heterocycles. The first kappa shape index (κ1) is 13.0. The average Bonchev–Trinajstić information content (AvgIpc) is 2.17. The van der Waals surface area contributed by atoms with Gasteiger partial charge in [0.15, 0.2) is 7.28 Å². The Morgan fingerprint density at radius 3 is 1.54 bits per heavy atom. The van der Waals surface area contributed by atoms with Crippen LogP contribution < -0.4 is 0 Å². The van der Waals surface area contributed by atoms with E-state index in [4.69, 9.17) is 0 Å². The zero-order chi connectivity index (χ0) is 10.5. The molecule has 0 spiro atoms. The van der Waals surface area contributed by atoms with Gasteiger partial charge in [-0.3, -0.25) is 4.39 Å². The third kappa shape index (κ3) is 3.70. The van der Waals surface area contributed by atoms with Gasteiger partial charge in [-0.15, -0.1) is 0 Å². The summed E-state index contributed by atoms with van der Waals surface area (Å²) in [6, 6.07) is 0. The lowest BCUT2D eigenvalue weighted by Crippen LogP contribution is -2.36. The maximum atomic E-state index is 14.1. The van der Waals surface area contributed by atoms with E-state index >= 15 is 0 Å². The van der Waals surface area contributed by atoms with E-state index in [-0.39, 0.29) is 5.31 Å². The minimum Gasteiger partial charge on any atom is -0.254 e. The van der Waals surface area contributed by atoms with Gasteiger partial charge in [-0.05, 0) is 12.8 Å². The van der Waals surface area contributed by atoms with E-state index in [1.54, 1.807) is 0 Å². The molecule has 0 aromatic heterocycles. The van der Waals surface area contributed by atoms with Crippen LogP contribution in [0.25, 0.3) is 0 Å². The van der Waals surface area contributed by atoms with Gasteiger partial charge in [-0.25, -0.2) is 0 Å². The number of alkyl halides is 1. The first-order chi connectivity index (χ1) is 5.95. The van der Waals surface area contributed by atoms with Crippen molar-refractivity contribution in [3.63, 3.8) is 0 Å². The first-order valence-corrected chi connectivity index (χ1v) is 5.51. The SMILES string of the molecule is CCC(C)([B]C(F)(CC)CC)CC. The van der Waals surface area contributed by atoms with Crippen molar-refractivity contribution >= 4 is 7.28 Å². The standard InChI is InChI=1S/C11H23BF/c1-6-10(5,7-2)12-11(13,8-3)9-4/h6-9H2,1-5H3. The van der Waals surface area contributed by atoms with Gasteiger partial charge in [0, 0.05) is 0 Å². The van der Waals surface area contributed by atoms with Crippen molar-refractivity contribution < 1.29 is 4.39 Å². The summed E-state index contributed by atoms with van der Waals surface area (Å²) in [6.45, 7) is 10.3. The zero-order valence-electron chi connectivity index (χ0n) is 9.78. The highest BCUT2D eigenvalue weighted by atomic mass is 19.1. The Kier molecular flexibility index (Phi) is 5.02. The smallest absolute Gasteiger partial charge is 0.168 e. The second-order valence-corrected chi connectivity index (χ2v) is 4.25. The van der Waals surface area contributed by atoms with Crippen LogP contribution in [0, 0.1) is 0 Å². The van der Waals surface area contributed by atoms with Crippen molar-refractivity contribution in [2.75, 3.05) is 0 Å². The highest BCUT2D eigenvalue weighted by molar-refractivity contribution is 6.43. The van der Waals surface area contributed by atoms with E-state index < -0.39 is 5.57 Å². The Morgan fingerprint density at radius 2 is 1.31 bits per heavy atom. The van der Waals surface area contributed by atoms with Gasteiger partial charge in [0.25, 0.3) is 0 Å². The van der Waals surface area contributed by atoms with Crippen LogP contribution in [0.15, 0.2) is 0 Å².